The lowest BCUT2D eigenvalue weighted by molar-refractivity contribution is -0.383. The van der Waals surface area contributed by atoms with E-state index in [1.54, 1.807) is 24.3 Å². The first kappa shape index (κ1) is 10.8. The average molecular weight is 231 g/mol. The van der Waals surface area contributed by atoms with Crippen LogP contribution < -0.4 is 11.1 Å². The highest BCUT2D eigenvalue weighted by atomic mass is 16.6. The zero-order valence-electron chi connectivity index (χ0n) is 8.70. The molecule has 0 unspecified atom stereocenters. The molecule has 0 atom stereocenters. The van der Waals surface area contributed by atoms with Crippen molar-refractivity contribution >= 4 is 23.0 Å². The molecule has 86 valence electrons. The molecule has 0 radical (unpaired) electrons. The summed E-state index contributed by atoms with van der Waals surface area (Å²) in [5.74, 6) is -0.0860. The van der Waals surface area contributed by atoms with Gasteiger partial charge in [0, 0.05) is 5.69 Å². The molecule has 0 aliphatic rings. The van der Waals surface area contributed by atoms with Gasteiger partial charge in [0.2, 0.25) is 11.6 Å². The van der Waals surface area contributed by atoms with E-state index < -0.39 is 4.92 Å². The van der Waals surface area contributed by atoms with Gasteiger partial charge in [-0.3, -0.25) is 10.1 Å². The van der Waals surface area contributed by atoms with Crippen LogP contribution in [0.1, 0.15) is 0 Å². The van der Waals surface area contributed by atoms with Gasteiger partial charge in [-0.2, -0.15) is 0 Å². The Bertz CT molecular complexity index is 544. The number of hydrogen-bond donors (Lipinski definition) is 2. The van der Waals surface area contributed by atoms with Crippen molar-refractivity contribution in [2.24, 2.45) is 0 Å². The summed E-state index contributed by atoms with van der Waals surface area (Å²) in [4.78, 5) is 17.6. The summed E-state index contributed by atoms with van der Waals surface area (Å²) >= 11 is 0. The molecular formula is C10H9N5O2. The lowest BCUT2D eigenvalue weighted by Crippen LogP contribution is -2.04. The highest BCUT2D eigenvalue weighted by Crippen LogP contribution is 2.28. The zero-order valence-corrected chi connectivity index (χ0v) is 8.70. The summed E-state index contributed by atoms with van der Waals surface area (Å²) in [5, 5.41) is 13.7. The molecule has 7 heteroatoms. The Kier molecular flexibility index (Phi) is 2.82. The fraction of sp³-hybridized carbons (Fsp3) is 0. The van der Waals surface area contributed by atoms with Crippen molar-refractivity contribution in [2.75, 3.05) is 11.1 Å². The number of aromatic nitrogens is 2. The van der Waals surface area contributed by atoms with E-state index in [1.807, 2.05) is 6.07 Å². The standard InChI is InChI=1S/C10H9N5O2/c11-9-8(15(16)17)10(13-6-12-9)14-7-4-2-1-3-5-7/h1-6H,(H3,11,12,13,14). The molecule has 2 rings (SSSR count). The molecule has 0 amide bonds. The van der Waals surface area contributed by atoms with Gasteiger partial charge >= 0.3 is 5.69 Å². The third-order valence-electron chi connectivity index (χ3n) is 2.07. The second kappa shape index (κ2) is 4.44. The van der Waals surface area contributed by atoms with Crippen molar-refractivity contribution in [3.8, 4) is 0 Å². The van der Waals surface area contributed by atoms with Crippen LogP contribution >= 0.6 is 0 Å². The molecule has 0 aliphatic heterocycles. The maximum Gasteiger partial charge on any atom is 0.353 e. The van der Waals surface area contributed by atoms with Gasteiger partial charge in [0.1, 0.15) is 6.33 Å². The van der Waals surface area contributed by atoms with Crippen molar-refractivity contribution < 1.29 is 4.92 Å². The molecule has 0 saturated carbocycles. The molecule has 2 aromatic rings. The Balaban J connectivity index is 2.40. The summed E-state index contributed by atoms with van der Waals surface area (Å²) in [5.41, 5.74) is 5.81. The molecule has 3 N–H and O–H groups in total. The molecule has 1 aromatic heterocycles. The minimum absolute atomic E-state index is 0.0775. The number of nitrogens with one attached hydrogen (secondary N) is 1. The number of nitro groups is 1. The lowest BCUT2D eigenvalue weighted by atomic mass is 10.3. The average Bonchev–Trinajstić information content (AvgIpc) is 2.30. The zero-order chi connectivity index (χ0) is 12.3. The Labute approximate surface area is 96.5 Å². The summed E-state index contributed by atoms with van der Waals surface area (Å²) < 4.78 is 0. The molecular weight excluding hydrogens is 222 g/mol. The SMILES string of the molecule is Nc1ncnc(Nc2ccccc2)c1[N+](=O)[O-]. The molecule has 0 fully saturated rings. The van der Waals surface area contributed by atoms with Crippen LogP contribution in [0.3, 0.4) is 0 Å². The van der Waals surface area contributed by atoms with Gasteiger partial charge < -0.3 is 11.1 Å². The number of benzene rings is 1. The van der Waals surface area contributed by atoms with Crippen molar-refractivity contribution in [2.45, 2.75) is 0 Å². The molecule has 7 nitrogen and oxygen atoms in total. The molecule has 1 heterocycles. The predicted molar refractivity (Wildman–Crippen MR) is 62.8 cm³/mol. The number of rotatable bonds is 3. The van der Waals surface area contributed by atoms with Crippen LogP contribution in [0, 0.1) is 10.1 Å². The van der Waals surface area contributed by atoms with E-state index >= 15 is 0 Å². The first-order chi connectivity index (χ1) is 8.18. The summed E-state index contributed by atoms with van der Waals surface area (Å²) in [7, 11) is 0. The number of nitrogens with two attached hydrogens (primary N) is 1. The van der Waals surface area contributed by atoms with Crippen molar-refractivity contribution in [1.82, 2.24) is 9.97 Å². The van der Waals surface area contributed by atoms with Crippen molar-refractivity contribution in [1.29, 1.82) is 0 Å². The summed E-state index contributed by atoms with van der Waals surface area (Å²) in [6, 6.07) is 8.98. The van der Waals surface area contributed by atoms with Crippen LogP contribution in [-0.2, 0) is 0 Å². The number of hydrogen-bond acceptors (Lipinski definition) is 6. The highest BCUT2D eigenvalue weighted by Gasteiger charge is 2.20. The van der Waals surface area contributed by atoms with Crippen LogP contribution in [0.5, 0.6) is 0 Å². The first-order valence-corrected chi connectivity index (χ1v) is 4.75. The van der Waals surface area contributed by atoms with Crippen LogP contribution in [0.25, 0.3) is 0 Å². The first-order valence-electron chi connectivity index (χ1n) is 4.75. The molecule has 17 heavy (non-hydrogen) atoms. The van der Waals surface area contributed by atoms with Gasteiger partial charge in [-0.1, -0.05) is 18.2 Å². The van der Waals surface area contributed by atoms with E-state index in [0.29, 0.717) is 5.69 Å². The van der Waals surface area contributed by atoms with Gasteiger partial charge in [0.15, 0.2) is 0 Å². The van der Waals surface area contributed by atoms with E-state index in [1.165, 1.54) is 6.33 Å². The van der Waals surface area contributed by atoms with Crippen molar-refractivity contribution in [3.05, 3.63) is 46.8 Å². The fourth-order valence-electron chi connectivity index (χ4n) is 1.32. The number of para-hydroxylation sites is 1. The van der Waals surface area contributed by atoms with Crippen LogP contribution in [0.15, 0.2) is 36.7 Å². The Morgan fingerprint density at radius 1 is 1.24 bits per heavy atom. The fourth-order valence-corrected chi connectivity index (χ4v) is 1.32. The predicted octanol–water partition coefficient (Wildman–Crippen LogP) is 1.71. The summed E-state index contributed by atoms with van der Waals surface area (Å²) in [6.07, 6.45) is 1.17. The molecule has 0 spiro atoms. The Hall–Kier alpha value is -2.70. The summed E-state index contributed by atoms with van der Waals surface area (Å²) in [6.45, 7) is 0. The third kappa shape index (κ3) is 2.28. The van der Waals surface area contributed by atoms with E-state index in [2.05, 4.69) is 15.3 Å². The number of nitrogens with zero attached hydrogens (tertiary/aromatic N) is 3. The smallest absolute Gasteiger partial charge is 0.353 e. The topological polar surface area (TPSA) is 107 Å². The minimum atomic E-state index is -0.611. The highest BCUT2D eigenvalue weighted by molar-refractivity contribution is 5.72. The monoisotopic (exact) mass is 231 g/mol. The van der Waals surface area contributed by atoms with Gasteiger partial charge in [-0.25, -0.2) is 9.97 Å². The Morgan fingerprint density at radius 3 is 2.59 bits per heavy atom. The van der Waals surface area contributed by atoms with Gasteiger partial charge in [0.05, 0.1) is 4.92 Å². The van der Waals surface area contributed by atoms with Gasteiger partial charge in [0.25, 0.3) is 0 Å². The van der Waals surface area contributed by atoms with E-state index in [9.17, 15) is 10.1 Å². The number of nitrogen functional groups attached to an aromatic ring is 1. The normalized spacial score (nSPS) is 9.88. The lowest BCUT2D eigenvalue weighted by Gasteiger charge is -2.06. The molecule has 1 aromatic carbocycles. The Morgan fingerprint density at radius 2 is 1.94 bits per heavy atom. The third-order valence-corrected chi connectivity index (χ3v) is 2.07. The largest absolute Gasteiger partial charge is 0.378 e. The minimum Gasteiger partial charge on any atom is -0.378 e. The quantitative estimate of drug-likeness (QED) is 0.615. The molecule has 0 bridgehead atoms. The maximum atomic E-state index is 10.8. The number of anilines is 3. The van der Waals surface area contributed by atoms with Gasteiger partial charge in [-0.15, -0.1) is 0 Å². The second-order valence-electron chi connectivity index (χ2n) is 3.20. The maximum absolute atomic E-state index is 10.8. The van der Waals surface area contributed by atoms with E-state index in [0.717, 1.165) is 0 Å². The van der Waals surface area contributed by atoms with E-state index in [4.69, 9.17) is 5.73 Å². The van der Waals surface area contributed by atoms with Crippen LogP contribution in [0.2, 0.25) is 0 Å². The van der Waals surface area contributed by atoms with E-state index in [-0.39, 0.29) is 17.3 Å². The second-order valence-corrected chi connectivity index (χ2v) is 3.20. The van der Waals surface area contributed by atoms with Crippen molar-refractivity contribution in [3.63, 3.8) is 0 Å². The van der Waals surface area contributed by atoms with Crippen LogP contribution in [0.4, 0.5) is 23.0 Å². The molecule has 0 saturated heterocycles. The van der Waals surface area contributed by atoms with Crippen LogP contribution in [-0.4, -0.2) is 14.9 Å². The molecule has 0 aliphatic carbocycles. The van der Waals surface area contributed by atoms with Gasteiger partial charge in [-0.05, 0) is 12.1 Å².